The molecule has 0 bridgehead atoms. The Balaban J connectivity index is 1.08. The van der Waals surface area contributed by atoms with Gasteiger partial charge in [-0.15, -0.1) is 0 Å². The fraction of sp³-hybridized carbons (Fsp3) is 0.500. The number of hydrogen-bond donors (Lipinski definition) is 1. The van der Waals surface area contributed by atoms with Crippen molar-refractivity contribution in [2.45, 2.75) is 45.3 Å². The molecule has 2 aliphatic heterocycles. The molecule has 3 aliphatic rings. The maximum Gasteiger partial charge on any atom is 0.226 e. The fourth-order valence-corrected chi connectivity index (χ4v) is 5.63. The number of carbonyl (C=O) groups excluding carboxylic acids is 1. The average Bonchev–Trinajstić information content (AvgIpc) is 3.58. The van der Waals surface area contributed by atoms with E-state index >= 15 is 0 Å². The lowest BCUT2D eigenvalue weighted by Gasteiger charge is -2.37. The van der Waals surface area contributed by atoms with Gasteiger partial charge in [0.05, 0.1) is 0 Å². The maximum atomic E-state index is 13.3. The molecule has 1 atom stereocenters. The normalized spacial score (nSPS) is 22.0. The first kappa shape index (κ1) is 23.9. The van der Waals surface area contributed by atoms with Crippen LogP contribution < -0.4 is 4.90 Å². The van der Waals surface area contributed by atoms with Crippen LogP contribution in [0.2, 0.25) is 0 Å². The molecule has 2 aromatic carbocycles. The molecular weight excluding hydrogens is 434 g/mol. The van der Waals surface area contributed by atoms with E-state index in [0.29, 0.717) is 5.91 Å². The highest BCUT2D eigenvalue weighted by atomic mass is 16.3. The molecule has 2 heterocycles. The molecule has 1 saturated carbocycles. The van der Waals surface area contributed by atoms with Gasteiger partial charge in [0.1, 0.15) is 5.60 Å². The number of rotatable bonds is 4. The predicted molar refractivity (Wildman–Crippen MR) is 140 cm³/mol. The standard InChI is InChI=1S/C30H37N3O2/c1-29(2,35)13-12-24-8-10-25(11-9-24)23-31-16-14-30(15-17-31)22-27(30)28(34)33-20-18-32(19-21-33)26-6-4-3-5-7-26/h3-11,27,35H,14-23H2,1-2H3/t27-/m1/s1. The van der Waals surface area contributed by atoms with Crippen LogP contribution in [0.4, 0.5) is 5.69 Å². The number of piperidine rings is 1. The van der Waals surface area contributed by atoms with Crippen molar-refractivity contribution in [2.24, 2.45) is 11.3 Å². The largest absolute Gasteiger partial charge is 0.378 e. The van der Waals surface area contributed by atoms with Crippen LogP contribution in [0.25, 0.3) is 0 Å². The number of para-hydroxylation sites is 1. The van der Waals surface area contributed by atoms with Gasteiger partial charge in [0.25, 0.3) is 0 Å². The third kappa shape index (κ3) is 5.72. The number of nitrogens with zero attached hydrogens (tertiary/aromatic N) is 3. The minimum Gasteiger partial charge on any atom is -0.378 e. The molecule has 1 spiro atoms. The van der Waals surface area contributed by atoms with E-state index in [0.717, 1.165) is 70.6 Å². The van der Waals surface area contributed by atoms with E-state index in [-0.39, 0.29) is 11.3 Å². The monoisotopic (exact) mass is 471 g/mol. The predicted octanol–water partition coefficient (Wildman–Crippen LogP) is 3.76. The first-order chi connectivity index (χ1) is 16.8. The highest BCUT2D eigenvalue weighted by Crippen LogP contribution is 2.60. The Kier molecular flexibility index (Phi) is 6.61. The molecule has 5 heteroatoms. The van der Waals surface area contributed by atoms with E-state index < -0.39 is 5.60 Å². The summed E-state index contributed by atoms with van der Waals surface area (Å²) in [5.41, 5.74) is 2.75. The third-order valence-electron chi connectivity index (χ3n) is 7.93. The lowest BCUT2D eigenvalue weighted by molar-refractivity contribution is -0.134. The highest BCUT2D eigenvalue weighted by Gasteiger charge is 2.59. The molecule has 5 rings (SSSR count). The molecule has 2 aromatic rings. The number of benzene rings is 2. The lowest BCUT2D eigenvalue weighted by Crippen LogP contribution is -2.50. The molecule has 0 unspecified atom stereocenters. The topological polar surface area (TPSA) is 47.0 Å². The van der Waals surface area contributed by atoms with E-state index in [4.69, 9.17) is 0 Å². The average molecular weight is 472 g/mol. The van der Waals surface area contributed by atoms with Crippen LogP contribution in [0.5, 0.6) is 0 Å². The number of likely N-dealkylation sites (tertiary alicyclic amines) is 1. The Labute approximate surface area is 209 Å². The number of hydrogen-bond acceptors (Lipinski definition) is 4. The van der Waals surface area contributed by atoms with Gasteiger partial charge in [0.2, 0.25) is 5.91 Å². The van der Waals surface area contributed by atoms with Crippen molar-refractivity contribution in [3.63, 3.8) is 0 Å². The maximum absolute atomic E-state index is 13.3. The Morgan fingerprint density at radius 1 is 0.971 bits per heavy atom. The summed E-state index contributed by atoms with van der Waals surface area (Å²) in [5, 5.41) is 9.77. The zero-order valence-electron chi connectivity index (χ0n) is 21.0. The van der Waals surface area contributed by atoms with Crippen LogP contribution in [0, 0.1) is 23.2 Å². The van der Waals surface area contributed by atoms with E-state index in [1.165, 1.54) is 11.3 Å². The van der Waals surface area contributed by atoms with Crippen molar-refractivity contribution in [3.05, 3.63) is 65.7 Å². The molecule has 0 aromatic heterocycles. The van der Waals surface area contributed by atoms with Crippen LogP contribution >= 0.6 is 0 Å². The third-order valence-corrected chi connectivity index (χ3v) is 7.93. The second-order valence-electron chi connectivity index (χ2n) is 11.0. The molecule has 2 saturated heterocycles. The summed E-state index contributed by atoms with van der Waals surface area (Å²) in [6.45, 7) is 9.97. The number of aliphatic hydroxyl groups is 1. The Bertz CT molecular complexity index is 1080. The van der Waals surface area contributed by atoms with Crippen molar-refractivity contribution in [1.82, 2.24) is 9.80 Å². The molecule has 5 nitrogen and oxygen atoms in total. The van der Waals surface area contributed by atoms with Gasteiger partial charge in [-0.1, -0.05) is 42.2 Å². The number of piperazine rings is 1. The summed E-state index contributed by atoms with van der Waals surface area (Å²) in [4.78, 5) is 20.3. The van der Waals surface area contributed by atoms with Crippen LogP contribution in [0.1, 0.15) is 44.2 Å². The van der Waals surface area contributed by atoms with Gasteiger partial charge in [-0.05, 0) is 81.4 Å². The summed E-state index contributed by atoms with van der Waals surface area (Å²) in [6, 6.07) is 18.9. The van der Waals surface area contributed by atoms with Gasteiger partial charge in [-0.2, -0.15) is 0 Å². The zero-order chi connectivity index (χ0) is 24.5. The Hall–Kier alpha value is -2.81. The first-order valence-electron chi connectivity index (χ1n) is 13.0. The fourth-order valence-electron chi connectivity index (χ4n) is 5.63. The van der Waals surface area contributed by atoms with Gasteiger partial charge in [0, 0.05) is 49.9 Å². The van der Waals surface area contributed by atoms with Gasteiger partial charge >= 0.3 is 0 Å². The van der Waals surface area contributed by atoms with Crippen molar-refractivity contribution in [2.75, 3.05) is 44.2 Å². The molecular formula is C30H37N3O2. The molecule has 1 N–H and O–H groups in total. The SMILES string of the molecule is CC(C)(O)C#Cc1ccc(CN2CCC3(CC2)C[C@@H]3C(=O)N2CCN(c3ccccc3)CC2)cc1. The van der Waals surface area contributed by atoms with E-state index in [1.807, 2.05) is 18.2 Å². The second-order valence-corrected chi connectivity index (χ2v) is 11.0. The quantitative estimate of drug-likeness (QED) is 0.690. The first-order valence-corrected chi connectivity index (χ1v) is 13.0. The van der Waals surface area contributed by atoms with Gasteiger partial charge in [-0.3, -0.25) is 9.69 Å². The second kappa shape index (κ2) is 9.68. The van der Waals surface area contributed by atoms with Crippen LogP contribution in [0.3, 0.4) is 0 Å². The van der Waals surface area contributed by atoms with Crippen molar-refractivity contribution >= 4 is 11.6 Å². The Morgan fingerprint density at radius 3 is 2.26 bits per heavy atom. The summed E-state index contributed by atoms with van der Waals surface area (Å²) < 4.78 is 0. The van der Waals surface area contributed by atoms with Gasteiger partial charge in [-0.25, -0.2) is 0 Å². The summed E-state index contributed by atoms with van der Waals surface area (Å²) in [6.07, 6.45) is 3.33. The summed E-state index contributed by atoms with van der Waals surface area (Å²) >= 11 is 0. The van der Waals surface area contributed by atoms with E-state index in [2.05, 4.69) is 62.9 Å². The molecule has 1 aliphatic carbocycles. The Morgan fingerprint density at radius 2 is 1.63 bits per heavy atom. The molecule has 1 amide bonds. The number of anilines is 1. The zero-order valence-corrected chi connectivity index (χ0v) is 21.0. The number of amides is 1. The molecule has 184 valence electrons. The molecule has 3 fully saturated rings. The summed E-state index contributed by atoms with van der Waals surface area (Å²) in [5.74, 6) is 6.53. The van der Waals surface area contributed by atoms with E-state index in [9.17, 15) is 9.90 Å². The van der Waals surface area contributed by atoms with Crippen LogP contribution in [-0.4, -0.2) is 65.7 Å². The van der Waals surface area contributed by atoms with Crippen molar-refractivity contribution in [3.8, 4) is 11.8 Å². The highest BCUT2D eigenvalue weighted by molar-refractivity contribution is 5.83. The van der Waals surface area contributed by atoms with E-state index in [1.54, 1.807) is 13.8 Å². The van der Waals surface area contributed by atoms with Crippen molar-refractivity contribution < 1.29 is 9.90 Å². The molecule has 0 radical (unpaired) electrons. The van der Waals surface area contributed by atoms with Gasteiger partial charge < -0.3 is 14.9 Å². The smallest absolute Gasteiger partial charge is 0.226 e. The van der Waals surface area contributed by atoms with Crippen molar-refractivity contribution in [1.29, 1.82) is 0 Å². The molecule has 35 heavy (non-hydrogen) atoms. The number of carbonyl (C=O) groups is 1. The lowest BCUT2D eigenvalue weighted by atomic mass is 9.90. The van der Waals surface area contributed by atoms with Crippen LogP contribution in [0.15, 0.2) is 54.6 Å². The van der Waals surface area contributed by atoms with Gasteiger partial charge in [0.15, 0.2) is 0 Å². The van der Waals surface area contributed by atoms with Crippen LogP contribution in [-0.2, 0) is 11.3 Å². The summed E-state index contributed by atoms with van der Waals surface area (Å²) in [7, 11) is 0. The minimum atomic E-state index is -0.971. The minimum absolute atomic E-state index is 0.238.